The summed E-state index contributed by atoms with van der Waals surface area (Å²) in [5.41, 5.74) is 3.62. The van der Waals surface area contributed by atoms with Gasteiger partial charge in [-0.3, -0.25) is 0 Å². The number of fused-ring (bicyclic) bond motifs is 1. The van der Waals surface area contributed by atoms with Gasteiger partial charge in [-0.15, -0.1) is 0 Å². The van der Waals surface area contributed by atoms with E-state index < -0.39 is 0 Å². The van der Waals surface area contributed by atoms with Crippen molar-refractivity contribution < 1.29 is 4.42 Å². The molecule has 0 saturated carbocycles. The van der Waals surface area contributed by atoms with Gasteiger partial charge in [0, 0.05) is 11.6 Å². The second-order valence-corrected chi connectivity index (χ2v) is 6.21. The molecule has 0 saturated heterocycles. The summed E-state index contributed by atoms with van der Waals surface area (Å²) in [5.74, 6) is 0.753. The highest BCUT2D eigenvalue weighted by Crippen LogP contribution is 2.29. The molecule has 3 rings (SSSR count). The van der Waals surface area contributed by atoms with Crippen LogP contribution in [-0.4, -0.2) is 9.97 Å². The molecule has 2 aromatic heterocycles. The third-order valence-corrected chi connectivity index (χ3v) is 3.43. The van der Waals surface area contributed by atoms with E-state index in [0.29, 0.717) is 16.4 Å². The average molecular weight is 287 g/mol. The standard InChI is InChI=1S/C16H15ClN2O/c1-16(2,3)11-6-4-10(5-7-11)13-8-12-15(20-13)18-9-14(17)19-12/h4-9H,1-3H3. The molecule has 0 bridgehead atoms. The van der Waals surface area contributed by atoms with Crippen molar-refractivity contribution >= 4 is 22.8 Å². The van der Waals surface area contributed by atoms with Gasteiger partial charge in [0.05, 0.1) is 6.20 Å². The number of benzene rings is 1. The number of aromatic nitrogens is 2. The Bertz CT molecular complexity index is 754. The first-order valence-corrected chi connectivity index (χ1v) is 6.84. The molecule has 0 aliphatic rings. The lowest BCUT2D eigenvalue weighted by molar-refractivity contribution is 0.589. The smallest absolute Gasteiger partial charge is 0.245 e. The number of hydrogen-bond acceptors (Lipinski definition) is 3. The topological polar surface area (TPSA) is 38.9 Å². The minimum absolute atomic E-state index is 0.142. The van der Waals surface area contributed by atoms with Gasteiger partial charge in [0.1, 0.15) is 16.4 Å². The van der Waals surface area contributed by atoms with Gasteiger partial charge in [0.25, 0.3) is 0 Å². The van der Waals surface area contributed by atoms with Gasteiger partial charge in [0.15, 0.2) is 0 Å². The summed E-state index contributed by atoms with van der Waals surface area (Å²) in [7, 11) is 0. The molecule has 4 heteroatoms. The van der Waals surface area contributed by atoms with Crippen LogP contribution in [0.4, 0.5) is 0 Å². The monoisotopic (exact) mass is 286 g/mol. The largest absolute Gasteiger partial charge is 0.436 e. The summed E-state index contributed by atoms with van der Waals surface area (Å²) >= 11 is 5.83. The molecular formula is C16H15ClN2O. The molecule has 1 aromatic carbocycles. The lowest BCUT2D eigenvalue weighted by Crippen LogP contribution is -2.10. The minimum atomic E-state index is 0.142. The van der Waals surface area contributed by atoms with Crippen LogP contribution < -0.4 is 0 Å². The zero-order valence-electron chi connectivity index (χ0n) is 11.6. The molecule has 3 aromatic rings. The van der Waals surface area contributed by atoms with Gasteiger partial charge in [-0.25, -0.2) is 9.97 Å². The van der Waals surface area contributed by atoms with E-state index in [9.17, 15) is 0 Å². The number of hydrogen-bond donors (Lipinski definition) is 0. The van der Waals surface area contributed by atoms with Crippen molar-refractivity contribution in [2.75, 3.05) is 0 Å². The molecule has 0 N–H and O–H groups in total. The maximum atomic E-state index is 5.83. The average Bonchev–Trinajstić information content (AvgIpc) is 2.80. The Morgan fingerprint density at radius 2 is 1.80 bits per heavy atom. The fourth-order valence-corrected chi connectivity index (χ4v) is 2.22. The molecule has 0 fully saturated rings. The van der Waals surface area contributed by atoms with Crippen molar-refractivity contribution in [3.63, 3.8) is 0 Å². The van der Waals surface area contributed by atoms with Crippen LogP contribution in [0.2, 0.25) is 5.15 Å². The first-order chi connectivity index (χ1) is 9.43. The van der Waals surface area contributed by atoms with E-state index >= 15 is 0 Å². The molecule has 0 aliphatic heterocycles. The van der Waals surface area contributed by atoms with E-state index in [2.05, 4.69) is 55.0 Å². The molecule has 0 radical (unpaired) electrons. The van der Waals surface area contributed by atoms with Gasteiger partial charge in [0.2, 0.25) is 5.71 Å². The Hall–Kier alpha value is -1.87. The summed E-state index contributed by atoms with van der Waals surface area (Å²) in [6, 6.07) is 10.2. The zero-order chi connectivity index (χ0) is 14.3. The van der Waals surface area contributed by atoms with Crippen molar-refractivity contribution in [3.05, 3.63) is 47.2 Å². The second-order valence-electron chi connectivity index (χ2n) is 5.82. The van der Waals surface area contributed by atoms with E-state index in [1.165, 1.54) is 11.8 Å². The van der Waals surface area contributed by atoms with Crippen molar-refractivity contribution in [2.45, 2.75) is 26.2 Å². The number of rotatable bonds is 1. The Balaban J connectivity index is 2.02. The van der Waals surface area contributed by atoms with Gasteiger partial charge >= 0.3 is 0 Å². The Morgan fingerprint density at radius 3 is 2.45 bits per heavy atom. The first-order valence-electron chi connectivity index (χ1n) is 6.46. The predicted octanol–water partition coefficient (Wildman–Crippen LogP) is 4.84. The van der Waals surface area contributed by atoms with Crippen LogP contribution in [0.5, 0.6) is 0 Å². The first kappa shape index (κ1) is 13.1. The van der Waals surface area contributed by atoms with Crippen molar-refractivity contribution in [1.82, 2.24) is 9.97 Å². The SMILES string of the molecule is CC(C)(C)c1ccc(-c2cc3nc(Cl)cnc3o2)cc1. The van der Waals surface area contributed by atoms with E-state index in [4.69, 9.17) is 16.0 Å². The molecule has 20 heavy (non-hydrogen) atoms. The highest BCUT2D eigenvalue weighted by molar-refractivity contribution is 6.29. The number of nitrogens with zero attached hydrogens (tertiary/aromatic N) is 2. The molecule has 2 heterocycles. The van der Waals surface area contributed by atoms with Gasteiger partial charge in [-0.1, -0.05) is 56.6 Å². The summed E-state index contributed by atoms with van der Waals surface area (Å²) in [5, 5.41) is 0.368. The predicted molar refractivity (Wildman–Crippen MR) is 81.0 cm³/mol. The molecule has 0 unspecified atom stereocenters. The van der Waals surface area contributed by atoms with Gasteiger partial charge < -0.3 is 4.42 Å². The molecular weight excluding hydrogens is 272 g/mol. The van der Waals surface area contributed by atoms with Crippen molar-refractivity contribution in [1.29, 1.82) is 0 Å². The third-order valence-electron chi connectivity index (χ3n) is 3.24. The van der Waals surface area contributed by atoms with E-state index in [1.54, 1.807) is 0 Å². The molecule has 102 valence electrons. The summed E-state index contributed by atoms with van der Waals surface area (Å²) in [6.07, 6.45) is 1.49. The van der Waals surface area contributed by atoms with Crippen molar-refractivity contribution in [3.8, 4) is 11.3 Å². The molecule has 3 nitrogen and oxygen atoms in total. The summed E-state index contributed by atoms with van der Waals surface area (Å²) in [6.45, 7) is 6.58. The highest BCUT2D eigenvalue weighted by Gasteiger charge is 2.14. The third kappa shape index (κ3) is 2.41. The molecule has 0 spiro atoms. The number of furan rings is 1. The molecule has 0 amide bonds. The maximum Gasteiger partial charge on any atom is 0.245 e. The van der Waals surface area contributed by atoms with E-state index in [1.807, 2.05) is 6.07 Å². The normalized spacial score (nSPS) is 12.0. The lowest BCUT2D eigenvalue weighted by atomic mass is 9.86. The Kier molecular flexibility index (Phi) is 3.02. The van der Waals surface area contributed by atoms with Crippen LogP contribution in [0.15, 0.2) is 40.9 Å². The summed E-state index contributed by atoms with van der Waals surface area (Å²) in [4.78, 5) is 8.31. The molecule has 0 aliphatic carbocycles. The number of halogens is 1. The quantitative estimate of drug-likeness (QED) is 0.642. The van der Waals surface area contributed by atoms with Crippen LogP contribution in [0.1, 0.15) is 26.3 Å². The second kappa shape index (κ2) is 4.60. The lowest BCUT2D eigenvalue weighted by Gasteiger charge is -2.18. The summed E-state index contributed by atoms with van der Waals surface area (Å²) < 4.78 is 5.70. The van der Waals surface area contributed by atoms with Gasteiger partial charge in [-0.2, -0.15) is 0 Å². The Labute approximate surface area is 122 Å². The fraction of sp³-hybridized carbons (Fsp3) is 0.250. The van der Waals surface area contributed by atoms with E-state index in [-0.39, 0.29) is 5.41 Å². The van der Waals surface area contributed by atoms with E-state index in [0.717, 1.165) is 11.3 Å². The molecule has 0 atom stereocenters. The Morgan fingerprint density at radius 1 is 1.10 bits per heavy atom. The van der Waals surface area contributed by atoms with Crippen LogP contribution >= 0.6 is 11.6 Å². The van der Waals surface area contributed by atoms with Crippen LogP contribution in [0.3, 0.4) is 0 Å². The highest BCUT2D eigenvalue weighted by atomic mass is 35.5. The van der Waals surface area contributed by atoms with Crippen LogP contribution in [-0.2, 0) is 5.41 Å². The van der Waals surface area contributed by atoms with Gasteiger partial charge in [-0.05, 0) is 11.0 Å². The van der Waals surface area contributed by atoms with Crippen LogP contribution in [0, 0.1) is 0 Å². The minimum Gasteiger partial charge on any atom is -0.436 e. The van der Waals surface area contributed by atoms with Crippen molar-refractivity contribution in [2.24, 2.45) is 0 Å². The maximum absolute atomic E-state index is 5.83. The fourth-order valence-electron chi connectivity index (χ4n) is 2.08. The van der Waals surface area contributed by atoms with Crippen LogP contribution in [0.25, 0.3) is 22.6 Å². The zero-order valence-corrected chi connectivity index (χ0v) is 12.4.